The zero-order valence-corrected chi connectivity index (χ0v) is 12.0. The van der Waals surface area contributed by atoms with Crippen molar-refractivity contribution in [2.24, 2.45) is 0 Å². The molecular weight excluding hydrogens is 283 g/mol. The minimum absolute atomic E-state index is 0.261. The van der Waals surface area contributed by atoms with Gasteiger partial charge in [-0.3, -0.25) is 4.79 Å². The highest BCUT2D eigenvalue weighted by Gasteiger charge is 2.12. The maximum absolute atomic E-state index is 12.2. The molecule has 1 aromatic carbocycles. The van der Waals surface area contributed by atoms with Crippen LogP contribution in [-0.4, -0.2) is 10.9 Å². The second kappa shape index (κ2) is 5.59. The summed E-state index contributed by atoms with van der Waals surface area (Å²) in [6.45, 7) is 3.73. The van der Waals surface area contributed by atoms with Gasteiger partial charge in [-0.05, 0) is 49.2 Å². The van der Waals surface area contributed by atoms with Crippen LogP contribution in [0.4, 0.5) is 5.69 Å². The van der Waals surface area contributed by atoms with Crippen molar-refractivity contribution in [3.05, 3.63) is 57.3 Å². The molecule has 0 radical (unpaired) electrons. The van der Waals surface area contributed by atoms with Crippen LogP contribution in [0.2, 0.25) is 10.2 Å². The van der Waals surface area contributed by atoms with Crippen LogP contribution in [0, 0.1) is 13.8 Å². The number of pyridine rings is 1. The number of hydrogen-bond acceptors (Lipinski definition) is 2. The highest BCUT2D eigenvalue weighted by Crippen LogP contribution is 2.24. The molecule has 0 atom stereocenters. The van der Waals surface area contributed by atoms with E-state index in [1.807, 2.05) is 13.8 Å². The van der Waals surface area contributed by atoms with Crippen LogP contribution in [0.5, 0.6) is 0 Å². The number of hydrogen-bond donors (Lipinski definition) is 1. The Morgan fingerprint density at radius 1 is 1.21 bits per heavy atom. The van der Waals surface area contributed by atoms with E-state index in [1.54, 1.807) is 30.5 Å². The molecular formula is C14H12Cl2N2O. The van der Waals surface area contributed by atoms with Crippen molar-refractivity contribution in [3.8, 4) is 0 Å². The standard InChI is InChI=1S/C14H12Cl2N2O/c1-8-5-10(7-11(15)6-8)14(19)18-12-9(2)3-4-17-13(12)16/h3-7H,1-2H3,(H,18,19). The minimum atomic E-state index is -0.261. The molecule has 0 aliphatic rings. The summed E-state index contributed by atoms with van der Waals surface area (Å²) in [6, 6.07) is 6.95. The number of rotatable bonds is 2. The summed E-state index contributed by atoms with van der Waals surface area (Å²) in [5, 5.41) is 3.55. The van der Waals surface area contributed by atoms with Gasteiger partial charge in [-0.1, -0.05) is 23.2 Å². The van der Waals surface area contributed by atoms with Gasteiger partial charge < -0.3 is 5.32 Å². The van der Waals surface area contributed by atoms with E-state index in [0.29, 0.717) is 16.3 Å². The third kappa shape index (κ3) is 3.25. The summed E-state index contributed by atoms with van der Waals surface area (Å²) in [5.74, 6) is -0.261. The Morgan fingerprint density at radius 2 is 1.95 bits per heavy atom. The number of carbonyl (C=O) groups excluding carboxylic acids is 1. The van der Waals surface area contributed by atoms with Gasteiger partial charge in [-0.15, -0.1) is 0 Å². The zero-order valence-electron chi connectivity index (χ0n) is 10.5. The third-order valence-electron chi connectivity index (χ3n) is 2.66. The molecule has 0 bridgehead atoms. The van der Waals surface area contributed by atoms with Gasteiger partial charge in [-0.25, -0.2) is 4.98 Å². The monoisotopic (exact) mass is 294 g/mol. The number of aryl methyl sites for hydroxylation is 2. The Morgan fingerprint density at radius 3 is 2.58 bits per heavy atom. The van der Waals surface area contributed by atoms with Gasteiger partial charge in [0, 0.05) is 16.8 Å². The molecule has 0 spiro atoms. The van der Waals surface area contributed by atoms with Crippen molar-refractivity contribution in [1.29, 1.82) is 0 Å². The van der Waals surface area contributed by atoms with E-state index < -0.39 is 0 Å². The van der Waals surface area contributed by atoms with E-state index in [0.717, 1.165) is 11.1 Å². The minimum Gasteiger partial charge on any atom is -0.319 e. The molecule has 0 aliphatic carbocycles. The van der Waals surface area contributed by atoms with E-state index >= 15 is 0 Å². The average molecular weight is 295 g/mol. The first-order valence-corrected chi connectivity index (χ1v) is 6.42. The summed E-state index contributed by atoms with van der Waals surface area (Å²) < 4.78 is 0. The quantitative estimate of drug-likeness (QED) is 0.841. The largest absolute Gasteiger partial charge is 0.319 e. The molecule has 0 fully saturated rings. The maximum Gasteiger partial charge on any atom is 0.255 e. The molecule has 0 saturated heterocycles. The zero-order chi connectivity index (χ0) is 14.0. The topological polar surface area (TPSA) is 42.0 Å². The molecule has 5 heteroatoms. The number of nitrogens with one attached hydrogen (secondary N) is 1. The smallest absolute Gasteiger partial charge is 0.255 e. The van der Waals surface area contributed by atoms with Crippen molar-refractivity contribution in [3.63, 3.8) is 0 Å². The molecule has 1 N–H and O–H groups in total. The molecule has 1 aromatic heterocycles. The first-order chi connectivity index (χ1) is 8.97. The Hall–Kier alpha value is -1.58. The van der Waals surface area contributed by atoms with Crippen LogP contribution >= 0.6 is 23.2 Å². The second-order valence-electron chi connectivity index (χ2n) is 4.27. The van der Waals surface area contributed by atoms with Crippen molar-refractivity contribution >= 4 is 34.8 Å². The highest BCUT2D eigenvalue weighted by atomic mass is 35.5. The fourth-order valence-corrected chi connectivity index (χ4v) is 2.27. The molecule has 1 amide bonds. The molecule has 2 aromatic rings. The molecule has 0 saturated carbocycles. The molecule has 98 valence electrons. The number of anilines is 1. The lowest BCUT2D eigenvalue weighted by molar-refractivity contribution is 0.102. The van der Waals surface area contributed by atoms with Gasteiger partial charge in [0.25, 0.3) is 5.91 Å². The molecule has 19 heavy (non-hydrogen) atoms. The lowest BCUT2D eigenvalue weighted by Gasteiger charge is -2.10. The highest BCUT2D eigenvalue weighted by molar-refractivity contribution is 6.33. The normalized spacial score (nSPS) is 10.3. The van der Waals surface area contributed by atoms with E-state index in [2.05, 4.69) is 10.3 Å². The fraction of sp³-hybridized carbons (Fsp3) is 0.143. The van der Waals surface area contributed by atoms with Gasteiger partial charge in [0.1, 0.15) is 0 Å². The fourth-order valence-electron chi connectivity index (χ4n) is 1.73. The van der Waals surface area contributed by atoms with Gasteiger partial charge in [0.05, 0.1) is 5.69 Å². The summed E-state index contributed by atoms with van der Waals surface area (Å²) >= 11 is 11.9. The van der Waals surface area contributed by atoms with Crippen LogP contribution in [0.15, 0.2) is 30.5 Å². The number of halogens is 2. The summed E-state index contributed by atoms with van der Waals surface area (Å²) in [7, 11) is 0. The first kappa shape index (κ1) is 13.8. The van der Waals surface area contributed by atoms with Crippen molar-refractivity contribution < 1.29 is 4.79 Å². The van der Waals surface area contributed by atoms with Crippen molar-refractivity contribution in [1.82, 2.24) is 4.98 Å². The summed E-state index contributed by atoms with van der Waals surface area (Å²) in [4.78, 5) is 16.1. The summed E-state index contributed by atoms with van der Waals surface area (Å²) in [5.41, 5.74) is 2.79. The predicted octanol–water partition coefficient (Wildman–Crippen LogP) is 4.26. The van der Waals surface area contributed by atoms with Gasteiger partial charge in [-0.2, -0.15) is 0 Å². The molecule has 3 nitrogen and oxygen atoms in total. The van der Waals surface area contributed by atoms with Gasteiger partial charge in [0.2, 0.25) is 0 Å². The van der Waals surface area contributed by atoms with Crippen molar-refractivity contribution in [2.45, 2.75) is 13.8 Å². The molecule has 0 aliphatic heterocycles. The van der Waals surface area contributed by atoms with Crippen LogP contribution in [0.3, 0.4) is 0 Å². The van der Waals surface area contributed by atoms with E-state index in [1.165, 1.54) is 0 Å². The lowest BCUT2D eigenvalue weighted by atomic mass is 10.1. The second-order valence-corrected chi connectivity index (χ2v) is 5.06. The number of amides is 1. The van der Waals surface area contributed by atoms with Crippen LogP contribution < -0.4 is 5.32 Å². The Balaban J connectivity index is 2.31. The SMILES string of the molecule is Cc1cc(Cl)cc(C(=O)Nc2c(C)ccnc2Cl)c1. The van der Waals surface area contributed by atoms with Crippen LogP contribution in [0.25, 0.3) is 0 Å². The van der Waals surface area contributed by atoms with E-state index in [4.69, 9.17) is 23.2 Å². The number of aromatic nitrogens is 1. The molecule has 0 unspecified atom stereocenters. The maximum atomic E-state index is 12.2. The van der Waals surface area contributed by atoms with Crippen LogP contribution in [0.1, 0.15) is 21.5 Å². The lowest BCUT2D eigenvalue weighted by Crippen LogP contribution is -2.13. The Kier molecular flexibility index (Phi) is 4.08. The van der Waals surface area contributed by atoms with E-state index in [9.17, 15) is 4.79 Å². The average Bonchev–Trinajstić information content (AvgIpc) is 2.32. The number of benzene rings is 1. The first-order valence-electron chi connectivity index (χ1n) is 5.67. The predicted molar refractivity (Wildman–Crippen MR) is 78.1 cm³/mol. The van der Waals surface area contributed by atoms with Gasteiger partial charge in [0.15, 0.2) is 5.15 Å². The van der Waals surface area contributed by atoms with E-state index in [-0.39, 0.29) is 11.1 Å². The molecule has 1 heterocycles. The third-order valence-corrected chi connectivity index (χ3v) is 3.16. The van der Waals surface area contributed by atoms with Crippen LogP contribution in [-0.2, 0) is 0 Å². The number of nitrogens with zero attached hydrogens (tertiary/aromatic N) is 1. The molecule has 2 rings (SSSR count). The Bertz CT molecular complexity index is 601. The van der Waals surface area contributed by atoms with Crippen molar-refractivity contribution in [2.75, 3.05) is 5.32 Å². The Labute approximate surface area is 121 Å². The summed E-state index contributed by atoms with van der Waals surface area (Å²) in [6.07, 6.45) is 1.59. The van der Waals surface area contributed by atoms with Gasteiger partial charge >= 0.3 is 0 Å². The number of carbonyl (C=O) groups is 1.